The number of aryl methyl sites for hydroxylation is 1. The van der Waals surface area contributed by atoms with Crippen molar-refractivity contribution in [1.82, 2.24) is 19.7 Å². The van der Waals surface area contributed by atoms with Crippen molar-refractivity contribution >= 4 is 22.7 Å². The Hall–Kier alpha value is -2.54. The van der Waals surface area contributed by atoms with Crippen LogP contribution in [0.15, 0.2) is 24.4 Å². The number of likely N-dealkylation sites (N-methyl/N-ethyl adjacent to an activating group) is 1. The van der Waals surface area contributed by atoms with Crippen molar-refractivity contribution in [2.24, 2.45) is 13.0 Å². The molecule has 1 aromatic carbocycles. The van der Waals surface area contributed by atoms with Gasteiger partial charge < -0.3 is 19.5 Å². The van der Waals surface area contributed by atoms with E-state index in [1.165, 1.54) is 16.5 Å². The number of carbonyl (C=O) groups is 2. The van der Waals surface area contributed by atoms with Gasteiger partial charge in [-0.1, -0.05) is 0 Å². The topological polar surface area (TPSA) is 66.8 Å². The predicted molar refractivity (Wildman–Crippen MR) is 102 cm³/mol. The van der Waals surface area contributed by atoms with Crippen molar-refractivity contribution in [3.05, 3.63) is 30.0 Å². The van der Waals surface area contributed by atoms with Gasteiger partial charge in [-0.2, -0.15) is 0 Å². The second-order valence-electron chi connectivity index (χ2n) is 7.65. The number of carbonyl (C=O) groups excluding carboxylic acids is 2. The minimum Gasteiger partial charge on any atom is -0.497 e. The maximum Gasteiger partial charge on any atom is 0.239 e. The van der Waals surface area contributed by atoms with Gasteiger partial charge in [-0.15, -0.1) is 0 Å². The summed E-state index contributed by atoms with van der Waals surface area (Å²) in [5.74, 6) is 0.659. The number of benzene rings is 1. The Balaban J connectivity index is 1.57. The fraction of sp³-hybridized carbons (Fsp3) is 0.500. The van der Waals surface area contributed by atoms with E-state index in [4.69, 9.17) is 4.74 Å². The lowest BCUT2D eigenvalue weighted by atomic mass is 9.91. The number of likely N-dealkylation sites (tertiary alicyclic amines) is 1. The summed E-state index contributed by atoms with van der Waals surface area (Å²) >= 11 is 0. The first-order valence-corrected chi connectivity index (χ1v) is 9.35. The summed E-state index contributed by atoms with van der Waals surface area (Å²) < 4.78 is 7.51. The number of fused-ring (bicyclic) bond motifs is 2. The molecule has 1 aromatic heterocycles. The number of aromatic nitrogens is 1. The van der Waals surface area contributed by atoms with Crippen molar-refractivity contribution < 1.29 is 14.3 Å². The molecule has 2 amide bonds. The number of nitrogens with one attached hydrogen (secondary N) is 1. The number of ether oxygens (including phenoxy) is 1. The van der Waals surface area contributed by atoms with E-state index >= 15 is 0 Å². The molecule has 2 saturated heterocycles. The van der Waals surface area contributed by atoms with Gasteiger partial charge in [-0.3, -0.25) is 14.5 Å². The lowest BCUT2D eigenvalue weighted by Gasteiger charge is -2.37. The van der Waals surface area contributed by atoms with Crippen LogP contribution in [-0.2, 0) is 23.2 Å². The molecule has 2 atom stereocenters. The molecular formula is C20H26N4O3. The van der Waals surface area contributed by atoms with Crippen LogP contribution in [0.1, 0.15) is 12.0 Å². The number of nitrogens with zero attached hydrogens (tertiary/aromatic N) is 3. The van der Waals surface area contributed by atoms with Crippen molar-refractivity contribution in [1.29, 1.82) is 0 Å². The zero-order valence-corrected chi connectivity index (χ0v) is 16.1. The zero-order chi connectivity index (χ0) is 19.1. The third-order valence-electron chi connectivity index (χ3n) is 5.79. The Kier molecular flexibility index (Phi) is 4.55. The quantitative estimate of drug-likeness (QED) is 0.874. The Labute approximate surface area is 158 Å². The van der Waals surface area contributed by atoms with Gasteiger partial charge in [0.1, 0.15) is 5.75 Å². The SMILES string of the molecule is COc1ccc2c(c1)c(CN1CC[C@H]3NC(=O)CN(C)C(=O)[C@H]3C1)cn2C. The van der Waals surface area contributed by atoms with Gasteiger partial charge in [-0.25, -0.2) is 0 Å². The third-order valence-corrected chi connectivity index (χ3v) is 5.79. The average Bonchev–Trinajstić information content (AvgIpc) is 2.91. The van der Waals surface area contributed by atoms with Crippen LogP contribution in [0, 0.1) is 5.92 Å². The van der Waals surface area contributed by atoms with Crippen LogP contribution in [0.25, 0.3) is 10.9 Å². The Bertz CT molecular complexity index is 891. The molecule has 27 heavy (non-hydrogen) atoms. The minimum atomic E-state index is -0.181. The monoisotopic (exact) mass is 370 g/mol. The number of piperidine rings is 1. The summed E-state index contributed by atoms with van der Waals surface area (Å²) in [6.45, 7) is 2.45. The highest BCUT2D eigenvalue weighted by molar-refractivity contribution is 5.89. The number of methoxy groups -OCH3 is 1. The Morgan fingerprint density at radius 2 is 2.07 bits per heavy atom. The normalized spacial score (nSPS) is 23.9. The van der Waals surface area contributed by atoms with Crippen LogP contribution in [0.2, 0.25) is 0 Å². The van der Waals surface area contributed by atoms with E-state index in [9.17, 15) is 9.59 Å². The molecule has 0 bridgehead atoms. The molecule has 2 aliphatic rings. The van der Waals surface area contributed by atoms with Crippen LogP contribution < -0.4 is 10.1 Å². The summed E-state index contributed by atoms with van der Waals surface area (Å²) in [4.78, 5) is 28.5. The highest BCUT2D eigenvalue weighted by Gasteiger charge is 2.39. The molecule has 0 unspecified atom stereocenters. The fourth-order valence-electron chi connectivity index (χ4n) is 4.36. The van der Waals surface area contributed by atoms with Gasteiger partial charge in [-0.05, 0) is 30.2 Å². The highest BCUT2D eigenvalue weighted by atomic mass is 16.5. The van der Waals surface area contributed by atoms with Gasteiger partial charge in [0, 0.05) is 56.9 Å². The van der Waals surface area contributed by atoms with E-state index in [0.29, 0.717) is 6.54 Å². The number of hydrogen-bond donors (Lipinski definition) is 1. The average molecular weight is 370 g/mol. The summed E-state index contributed by atoms with van der Waals surface area (Å²) in [6, 6.07) is 6.06. The lowest BCUT2D eigenvalue weighted by molar-refractivity contribution is -0.136. The molecule has 0 aliphatic carbocycles. The van der Waals surface area contributed by atoms with Crippen LogP contribution in [0.4, 0.5) is 0 Å². The van der Waals surface area contributed by atoms with Crippen LogP contribution in [-0.4, -0.2) is 66.0 Å². The Morgan fingerprint density at radius 1 is 1.26 bits per heavy atom. The molecule has 2 aromatic rings. The third kappa shape index (κ3) is 3.27. The minimum absolute atomic E-state index is 0.0567. The van der Waals surface area contributed by atoms with Crippen LogP contribution in [0.5, 0.6) is 5.75 Å². The van der Waals surface area contributed by atoms with Gasteiger partial charge in [0.2, 0.25) is 11.8 Å². The summed E-state index contributed by atoms with van der Waals surface area (Å²) in [5, 5.41) is 4.20. The second kappa shape index (κ2) is 6.88. The molecule has 144 valence electrons. The predicted octanol–water partition coefficient (Wildman–Crippen LogP) is 0.966. The molecule has 2 fully saturated rings. The van der Waals surface area contributed by atoms with E-state index < -0.39 is 0 Å². The highest BCUT2D eigenvalue weighted by Crippen LogP contribution is 2.28. The Morgan fingerprint density at radius 3 is 2.85 bits per heavy atom. The van der Waals surface area contributed by atoms with E-state index in [2.05, 4.69) is 33.1 Å². The van der Waals surface area contributed by atoms with E-state index in [0.717, 1.165) is 25.3 Å². The molecule has 4 rings (SSSR count). The molecule has 0 saturated carbocycles. The summed E-state index contributed by atoms with van der Waals surface area (Å²) in [7, 11) is 5.43. The first kappa shape index (κ1) is 17.9. The zero-order valence-electron chi connectivity index (χ0n) is 16.1. The molecule has 3 heterocycles. The van der Waals surface area contributed by atoms with E-state index in [1.807, 2.05) is 13.1 Å². The first-order chi connectivity index (χ1) is 13.0. The molecule has 7 heteroatoms. The number of rotatable bonds is 3. The lowest BCUT2D eigenvalue weighted by Crippen LogP contribution is -2.52. The van der Waals surface area contributed by atoms with Gasteiger partial charge in [0.05, 0.1) is 19.6 Å². The second-order valence-corrected chi connectivity index (χ2v) is 7.65. The molecule has 2 aliphatic heterocycles. The standard InChI is InChI=1S/C20H26N4O3/c1-22-9-13(15-8-14(27-3)4-5-18(15)22)10-24-7-6-17-16(11-24)20(26)23(2)12-19(25)21-17/h4-5,8-9,16-17H,6-7,10-12H2,1-3H3,(H,21,25)/t16-,17+/m0/s1. The number of amides is 2. The van der Waals surface area contributed by atoms with Gasteiger partial charge in [0.25, 0.3) is 0 Å². The fourth-order valence-corrected chi connectivity index (χ4v) is 4.36. The molecule has 1 N–H and O–H groups in total. The van der Waals surface area contributed by atoms with E-state index in [-0.39, 0.29) is 30.3 Å². The molecule has 0 spiro atoms. The van der Waals surface area contributed by atoms with Crippen molar-refractivity contribution in [3.8, 4) is 5.75 Å². The number of hydrogen-bond acceptors (Lipinski definition) is 4. The maximum absolute atomic E-state index is 12.7. The first-order valence-electron chi connectivity index (χ1n) is 9.35. The van der Waals surface area contributed by atoms with Crippen molar-refractivity contribution in [3.63, 3.8) is 0 Å². The summed E-state index contributed by atoms with van der Waals surface area (Å²) in [5.41, 5.74) is 2.39. The molecular weight excluding hydrogens is 344 g/mol. The summed E-state index contributed by atoms with van der Waals surface area (Å²) in [6.07, 6.45) is 2.95. The molecule has 7 nitrogen and oxygen atoms in total. The van der Waals surface area contributed by atoms with Crippen molar-refractivity contribution in [2.75, 3.05) is 33.8 Å². The van der Waals surface area contributed by atoms with E-state index in [1.54, 1.807) is 19.1 Å². The van der Waals surface area contributed by atoms with Gasteiger partial charge >= 0.3 is 0 Å². The van der Waals surface area contributed by atoms with Crippen LogP contribution >= 0.6 is 0 Å². The smallest absolute Gasteiger partial charge is 0.239 e. The van der Waals surface area contributed by atoms with Crippen LogP contribution in [0.3, 0.4) is 0 Å². The largest absolute Gasteiger partial charge is 0.497 e. The molecule has 0 radical (unpaired) electrons. The van der Waals surface area contributed by atoms with Crippen molar-refractivity contribution in [2.45, 2.75) is 19.0 Å². The maximum atomic E-state index is 12.7. The van der Waals surface area contributed by atoms with Gasteiger partial charge in [0.15, 0.2) is 0 Å².